The molecule has 0 spiro atoms. The number of carboxylic acids is 1. The average Bonchev–Trinajstić information content (AvgIpc) is 3.22. The smallest absolute Gasteiger partial charge is 0.361 e. The molecule has 0 saturated heterocycles. The Kier molecular flexibility index (Phi) is 40.6. The molecular formula is C52H88NO8+. The Morgan fingerprint density at radius 2 is 0.984 bits per heavy atom. The van der Waals surface area contributed by atoms with Crippen molar-refractivity contribution in [2.45, 2.75) is 180 Å². The Hall–Kier alpha value is -3.53. The number of quaternary nitrogens is 1. The van der Waals surface area contributed by atoms with Crippen molar-refractivity contribution >= 4 is 17.9 Å². The van der Waals surface area contributed by atoms with Gasteiger partial charge in [0.15, 0.2) is 6.10 Å². The van der Waals surface area contributed by atoms with E-state index in [1.54, 1.807) is 6.08 Å². The van der Waals surface area contributed by atoms with Crippen LogP contribution in [0.25, 0.3) is 0 Å². The van der Waals surface area contributed by atoms with Gasteiger partial charge in [0.1, 0.15) is 13.2 Å². The Morgan fingerprint density at radius 1 is 0.525 bits per heavy atom. The topological polar surface area (TPSA) is 108 Å². The summed E-state index contributed by atoms with van der Waals surface area (Å²) in [6, 6.07) is 0. The van der Waals surface area contributed by atoms with Gasteiger partial charge in [-0.1, -0.05) is 170 Å². The lowest BCUT2D eigenvalue weighted by molar-refractivity contribution is -0.870. The third-order valence-electron chi connectivity index (χ3n) is 9.67. The molecule has 0 aromatic rings. The molecule has 0 rings (SSSR count). The highest BCUT2D eigenvalue weighted by molar-refractivity contribution is 5.72. The number of allylic oxidation sites excluding steroid dienone is 13. The number of likely N-dealkylation sites (N-methyl/N-ethyl adjacent to an activating group) is 1. The van der Waals surface area contributed by atoms with Crippen LogP contribution in [0.5, 0.6) is 0 Å². The summed E-state index contributed by atoms with van der Waals surface area (Å²) in [5.74, 6) is -2.19. The number of unbranched alkanes of at least 4 members (excludes halogenated alkanes) is 14. The molecule has 9 nitrogen and oxygen atoms in total. The fourth-order valence-corrected chi connectivity index (χ4v) is 6.00. The van der Waals surface area contributed by atoms with Crippen LogP contribution < -0.4 is 0 Å². The third-order valence-corrected chi connectivity index (χ3v) is 9.67. The molecule has 0 aromatic heterocycles. The molecule has 0 aliphatic heterocycles. The molecule has 2 unspecified atom stereocenters. The first-order valence-electron chi connectivity index (χ1n) is 23.8. The molecule has 0 fully saturated rings. The maximum atomic E-state index is 12.7. The lowest BCUT2D eigenvalue weighted by atomic mass is 10.1. The highest BCUT2D eigenvalue weighted by Crippen LogP contribution is 2.13. The van der Waals surface area contributed by atoms with Gasteiger partial charge in [0.2, 0.25) is 0 Å². The zero-order valence-electron chi connectivity index (χ0n) is 39.3. The number of hydrogen-bond donors (Lipinski definition) is 1. The van der Waals surface area contributed by atoms with E-state index in [1.165, 1.54) is 70.6 Å². The van der Waals surface area contributed by atoms with Gasteiger partial charge >= 0.3 is 17.9 Å². The van der Waals surface area contributed by atoms with Crippen LogP contribution in [0.4, 0.5) is 0 Å². The lowest BCUT2D eigenvalue weighted by Crippen LogP contribution is -2.40. The van der Waals surface area contributed by atoms with E-state index < -0.39 is 24.3 Å². The SMILES string of the molecule is CC/C=C\C/C=C\C/C=C\C/C=C\C/C=C\CC(=O)OC(COC(=O)CCCCCCCCCCC/C=C\C/C=C\CCCCCCC)COC(OCC[N+](C)(C)C)C(=O)O. The van der Waals surface area contributed by atoms with Gasteiger partial charge in [0.05, 0.1) is 40.8 Å². The molecule has 0 amide bonds. The van der Waals surface area contributed by atoms with E-state index >= 15 is 0 Å². The summed E-state index contributed by atoms with van der Waals surface area (Å²) in [6.07, 6.45) is 52.5. The van der Waals surface area contributed by atoms with Crippen LogP contribution in [0, 0.1) is 0 Å². The molecule has 0 aromatic carbocycles. The third kappa shape index (κ3) is 44.3. The van der Waals surface area contributed by atoms with E-state index in [2.05, 4.69) is 80.7 Å². The fourth-order valence-electron chi connectivity index (χ4n) is 6.00. The van der Waals surface area contributed by atoms with Gasteiger partial charge in [0.25, 0.3) is 6.29 Å². The van der Waals surface area contributed by atoms with Gasteiger partial charge in [0, 0.05) is 6.42 Å². The van der Waals surface area contributed by atoms with Gasteiger partial charge in [-0.15, -0.1) is 0 Å². The summed E-state index contributed by atoms with van der Waals surface area (Å²) in [5.41, 5.74) is 0. The van der Waals surface area contributed by atoms with Gasteiger partial charge in [-0.3, -0.25) is 9.59 Å². The number of rotatable bonds is 42. The monoisotopic (exact) mass is 855 g/mol. The van der Waals surface area contributed by atoms with Crippen molar-refractivity contribution in [3.8, 4) is 0 Å². The number of carbonyl (C=O) groups is 3. The molecule has 0 saturated carbocycles. The van der Waals surface area contributed by atoms with Crippen LogP contribution in [-0.4, -0.2) is 87.4 Å². The Labute approximate surface area is 372 Å². The highest BCUT2D eigenvalue weighted by atomic mass is 16.7. The maximum Gasteiger partial charge on any atom is 0.361 e. The predicted octanol–water partition coefficient (Wildman–Crippen LogP) is 12.9. The minimum atomic E-state index is -1.54. The summed E-state index contributed by atoms with van der Waals surface area (Å²) in [5, 5.41) is 9.64. The summed E-state index contributed by atoms with van der Waals surface area (Å²) in [7, 11) is 5.92. The quantitative estimate of drug-likeness (QED) is 0.0213. The van der Waals surface area contributed by atoms with Gasteiger partial charge in [-0.25, -0.2) is 4.79 Å². The summed E-state index contributed by atoms with van der Waals surface area (Å²) in [4.78, 5) is 37.1. The first-order chi connectivity index (χ1) is 29.6. The van der Waals surface area contributed by atoms with Gasteiger partial charge < -0.3 is 28.5 Å². The van der Waals surface area contributed by atoms with Crippen LogP contribution in [0.15, 0.2) is 85.1 Å². The molecule has 348 valence electrons. The predicted molar refractivity (Wildman–Crippen MR) is 253 cm³/mol. The standard InChI is InChI=1S/C52H87NO8/c1-6-8-10-12-14-16-18-20-22-23-24-25-26-27-29-30-32-34-36-38-40-42-49(54)59-46-48(47-60-52(51(56)57)58-45-44-53(3,4)5)61-50(55)43-41-39-37-35-33-31-28-21-19-17-15-13-11-9-7-2/h9,11,15,17-18,20-21,23-24,28,33,35,39,41,48,52H,6-8,10,12-14,16,19,22,25-27,29-32,34,36-38,40,42-47H2,1-5H3/p+1/b11-9-,17-15-,20-18-,24-23-,28-21-,35-33-,41-39-. The number of aliphatic carboxylic acids is 1. The summed E-state index contributed by atoms with van der Waals surface area (Å²) in [6.45, 7) is 4.61. The molecule has 0 radical (unpaired) electrons. The van der Waals surface area contributed by atoms with E-state index in [0.717, 1.165) is 64.2 Å². The average molecular weight is 855 g/mol. The van der Waals surface area contributed by atoms with Crippen LogP contribution in [-0.2, 0) is 33.3 Å². The van der Waals surface area contributed by atoms with E-state index in [9.17, 15) is 19.5 Å². The minimum absolute atomic E-state index is 0.0229. The molecule has 0 aliphatic carbocycles. The molecule has 9 heteroatoms. The van der Waals surface area contributed by atoms with E-state index in [1.807, 2.05) is 33.3 Å². The van der Waals surface area contributed by atoms with Crippen molar-refractivity contribution in [1.82, 2.24) is 0 Å². The number of hydrogen-bond acceptors (Lipinski definition) is 7. The highest BCUT2D eigenvalue weighted by Gasteiger charge is 2.25. The van der Waals surface area contributed by atoms with Crippen LogP contribution in [0.3, 0.4) is 0 Å². The minimum Gasteiger partial charge on any atom is -0.477 e. The Morgan fingerprint density at radius 3 is 1.48 bits per heavy atom. The molecule has 61 heavy (non-hydrogen) atoms. The summed E-state index contributed by atoms with van der Waals surface area (Å²) >= 11 is 0. The molecular weight excluding hydrogens is 767 g/mol. The Bertz CT molecular complexity index is 1270. The van der Waals surface area contributed by atoms with Crippen LogP contribution in [0.2, 0.25) is 0 Å². The molecule has 0 bridgehead atoms. The van der Waals surface area contributed by atoms with Crippen LogP contribution >= 0.6 is 0 Å². The number of esters is 2. The zero-order chi connectivity index (χ0) is 44.9. The zero-order valence-corrected chi connectivity index (χ0v) is 39.3. The van der Waals surface area contributed by atoms with Crippen molar-refractivity contribution < 1.29 is 42.9 Å². The second-order valence-electron chi connectivity index (χ2n) is 16.7. The molecule has 0 heterocycles. The molecule has 2 atom stereocenters. The number of ether oxygens (including phenoxy) is 4. The van der Waals surface area contributed by atoms with Crippen molar-refractivity contribution in [2.75, 3.05) is 47.5 Å². The molecule has 0 aliphatic rings. The van der Waals surface area contributed by atoms with Crippen molar-refractivity contribution in [3.05, 3.63) is 85.1 Å². The van der Waals surface area contributed by atoms with Crippen molar-refractivity contribution in [2.24, 2.45) is 0 Å². The summed E-state index contributed by atoms with van der Waals surface area (Å²) < 4.78 is 22.6. The van der Waals surface area contributed by atoms with E-state index in [-0.39, 0.29) is 38.6 Å². The second-order valence-corrected chi connectivity index (χ2v) is 16.7. The van der Waals surface area contributed by atoms with E-state index in [0.29, 0.717) is 17.4 Å². The number of nitrogens with zero attached hydrogens (tertiary/aromatic N) is 1. The van der Waals surface area contributed by atoms with Crippen LogP contribution in [0.1, 0.15) is 168 Å². The number of carbonyl (C=O) groups excluding carboxylic acids is 2. The second kappa shape index (κ2) is 43.1. The van der Waals surface area contributed by atoms with Crippen molar-refractivity contribution in [3.63, 3.8) is 0 Å². The largest absolute Gasteiger partial charge is 0.477 e. The first kappa shape index (κ1) is 57.5. The van der Waals surface area contributed by atoms with Gasteiger partial charge in [-0.2, -0.15) is 0 Å². The first-order valence-corrected chi connectivity index (χ1v) is 23.8. The number of carboxylic acid groups (broad SMARTS) is 1. The lowest BCUT2D eigenvalue weighted by Gasteiger charge is -2.25. The maximum absolute atomic E-state index is 12.7. The van der Waals surface area contributed by atoms with Crippen molar-refractivity contribution in [1.29, 1.82) is 0 Å². The normalized spacial score (nSPS) is 13.7. The van der Waals surface area contributed by atoms with E-state index in [4.69, 9.17) is 18.9 Å². The fraction of sp³-hybridized carbons (Fsp3) is 0.673. The molecule has 1 N–H and O–H groups in total. The van der Waals surface area contributed by atoms with Gasteiger partial charge in [-0.05, 0) is 70.6 Å². The Balaban J connectivity index is 4.49.